The summed E-state index contributed by atoms with van der Waals surface area (Å²) in [6.07, 6.45) is 3.17. The Labute approximate surface area is 160 Å². The predicted octanol–water partition coefficient (Wildman–Crippen LogP) is 4.01. The molecule has 0 saturated carbocycles. The molecule has 0 aliphatic rings. The van der Waals surface area contributed by atoms with Crippen LogP contribution < -0.4 is 5.32 Å². The van der Waals surface area contributed by atoms with Crippen molar-refractivity contribution >= 4 is 38.9 Å². The second-order valence-corrected chi connectivity index (χ2v) is 8.11. The lowest BCUT2D eigenvalue weighted by Gasteiger charge is -2.20. The molecule has 2 rings (SSSR count). The number of fused-ring (bicyclic) bond motifs is 1. The number of alkyl carbamates (subject to hydrolysis) is 1. The highest BCUT2D eigenvalue weighted by atomic mass is 79.9. The summed E-state index contributed by atoms with van der Waals surface area (Å²) < 4.78 is 5.16. The molecule has 0 aliphatic heterocycles. The van der Waals surface area contributed by atoms with Gasteiger partial charge < -0.3 is 20.1 Å². The van der Waals surface area contributed by atoms with E-state index in [0.717, 1.165) is 16.5 Å². The maximum Gasteiger partial charge on any atom is 0.407 e. The summed E-state index contributed by atoms with van der Waals surface area (Å²) in [6, 6.07) is 7.74. The zero-order chi connectivity index (χ0) is 19.3. The van der Waals surface area contributed by atoms with Gasteiger partial charge in [-0.1, -0.05) is 40.2 Å². The van der Waals surface area contributed by atoms with E-state index in [4.69, 9.17) is 4.74 Å². The third-order valence-electron chi connectivity index (χ3n) is 3.55. The lowest BCUT2D eigenvalue weighted by atomic mass is 10.0. The largest absolute Gasteiger partial charge is 0.478 e. The summed E-state index contributed by atoms with van der Waals surface area (Å²) in [5, 5.41) is 13.1. The molecule has 1 heterocycles. The fourth-order valence-corrected chi connectivity index (χ4v) is 2.94. The Balaban J connectivity index is 2.04. The topological polar surface area (TPSA) is 91.4 Å². The normalized spacial score (nSPS) is 13.5. The average molecular weight is 423 g/mol. The number of hydrogen-bond donors (Lipinski definition) is 3. The second-order valence-electron chi connectivity index (χ2n) is 6.93. The van der Waals surface area contributed by atoms with Crippen LogP contribution in [0.15, 0.2) is 42.1 Å². The molecule has 1 amide bonds. The zero-order valence-corrected chi connectivity index (χ0v) is 16.6. The number of carboxylic acids is 1. The Morgan fingerprint density at radius 3 is 2.69 bits per heavy atom. The number of rotatable bonds is 6. The quantitative estimate of drug-likeness (QED) is 0.484. The molecule has 0 fully saturated rings. The van der Waals surface area contributed by atoms with Gasteiger partial charge in [0.15, 0.2) is 0 Å². The van der Waals surface area contributed by atoms with Crippen LogP contribution in [0.2, 0.25) is 0 Å². The lowest BCUT2D eigenvalue weighted by Crippen LogP contribution is -2.35. The van der Waals surface area contributed by atoms with Crippen LogP contribution in [0.4, 0.5) is 4.79 Å². The molecule has 0 saturated heterocycles. The summed E-state index contributed by atoms with van der Waals surface area (Å²) in [5.41, 5.74) is 1.55. The highest BCUT2D eigenvalue weighted by Gasteiger charge is 2.18. The van der Waals surface area contributed by atoms with Gasteiger partial charge in [0.1, 0.15) is 5.60 Å². The Kier molecular flexibility index (Phi) is 6.47. The van der Waals surface area contributed by atoms with E-state index < -0.39 is 17.7 Å². The first-order valence-electron chi connectivity index (χ1n) is 8.25. The summed E-state index contributed by atoms with van der Waals surface area (Å²) in [4.78, 5) is 26.1. The van der Waals surface area contributed by atoms with Crippen LogP contribution in [0, 0.1) is 0 Å². The molecule has 26 heavy (non-hydrogen) atoms. The number of carbonyl (C=O) groups is 2. The van der Waals surface area contributed by atoms with Crippen LogP contribution in [0.3, 0.4) is 0 Å². The molecule has 6 nitrogen and oxygen atoms in total. The van der Waals surface area contributed by atoms with Gasteiger partial charge in [-0.25, -0.2) is 9.59 Å². The molecule has 2 aromatic rings. The molecule has 1 aromatic carbocycles. The van der Waals surface area contributed by atoms with Crippen molar-refractivity contribution in [3.8, 4) is 0 Å². The summed E-state index contributed by atoms with van der Waals surface area (Å²) in [7, 11) is 0. The summed E-state index contributed by atoms with van der Waals surface area (Å²) in [5.74, 6) is -0.989. The van der Waals surface area contributed by atoms with E-state index in [-0.39, 0.29) is 23.4 Å². The minimum absolute atomic E-state index is 0.222. The van der Waals surface area contributed by atoms with Gasteiger partial charge in [-0.05, 0) is 32.4 Å². The molecule has 140 valence electrons. The fraction of sp³-hybridized carbons (Fsp3) is 0.368. The molecule has 1 aromatic heterocycles. The first-order valence-corrected chi connectivity index (χ1v) is 9.17. The van der Waals surface area contributed by atoms with Crippen molar-refractivity contribution in [1.82, 2.24) is 10.3 Å². The highest BCUT2D eigenvalue weighted by molar-refractivity contribution is 9.09. The second kappa shape index (κ2) is 8.40. The number of para-hydroxylation sites is 1. The number of amides is 1. The number of aliphatic carboxylic acids is 1. The van der Waals surface area contributed by atoms with Crippen molar-refractivity contribution in [3.63, 3.8) is 0 Å². The number of carbonyl (C=O) groups excluding carboxylic acids is 1. The average Bonchev–Trinajstić information content (AvgIpc) is 2.94. The van der Waals surface area contributed by atoms with Crippen LogP contribution in [0.5, 0.6) is 0 Å². The minimum Gasteiger partial charge on any atom is -0.478 e. The Morgan fingerprint density at radius 1 is 1.35 bits per heavy atom. The van der Waals surface area contributed by atoms with Crippen LogP contribution in [0.25, 0.3) is 10.9 Å². The number of halogens is 1. The molecule has 0 aliphatic carbocycles. The molecule has 7 heteroatoms. The summed E-state index contributed by atoms with van der Waals surface area (Å²) in [6.45, 7) is 5.56. The van der Waals surface area contributed by atoms with E-state index in [9.17, 15) is 14.7 Å². The summed E-state index contributed by atoms with van der Waals surface area (Å²) >= 11 is 3.39. The fourth-order valence-electron chi connectivity index (χ4n) is 2.46. The first-order chi connectivity index (χ1) is 12.2. The maximum absolute atomic E-state index is 11.7. The SMILES string of the molecule is CC(C)(C)OC(=O)NCC(Br)C=C(Cc1c[nH]c2ccccc12)C(=O)O. The van der Waals surface area contributed by atoms with Gasteiger partial charge in [0, 0.05) is 35.6 Å². The number of nitrogens with one attached hydrogen (secondary N) is 2. The van der Waals surface area contributed by atoms with E-state index in [1.54, 1.807) is 26.8 Å². The predicted molar refractivity (Wildman–Crippen MR) is 105 cm³/mol. The molecular formula is C19H23BrN2O4. The zero-order valence-electron chi connectivity index (χ0n) is 15.0. The Hall–Kier alpha value is -2.28. The van der Waals surface area contributed by atoms with E-state index in [1.165, 1.54) is 0 Å². The van der Waals surface area contributed by atoms with Crippen LogP contribution >= 0.6 is 15.9 Å². The molecule has 0 spiro atoms. The molecule has 1 unspecified atom stereocenters. The van der Waals surface area contributed by atoms with Crippen molar-refractivity contribution in [2.75, 3.05) is 6.54 Å². The van der Waals surface area contributed by atoms with E-state index in [2.05, 4.69) is 26.2 Å². The number of aromatic amines is 1. The number of H-pyrrole nitrogens is 1. The van der Waals surface area contributed by atoms with Crippen molar-refractivity contribution in [3.05, 3.63) is 47.7 Å². The van der Waals surface area contributed by atoms with Gasteiger partial charge >= 0.3 is 12.1 Å². The van der Waals surface area contributed by atoms with Gasteiger partial charge in [-0.15, -0.1) is 0 Å². The van der Waals surface area contributed by atoms with Gasteiger partial charge in [0.2, 0.25) is 0 Å². The van der Waals surface area contributed by atoms with E-state index in [1.807, 2.05) is 30.5 Å². The molecule has 0 radical (unpaired) electrons. The number of alkyl halides is 1. The van der Waals surface area contributed by atoms with E-state index >= 15 is 0 Å². The lowest BCUT2D eigenvalue weighted by molar-refractivity contribution is -0.132. The van der Waals surface area contributed by atoms with Gasteiger partial charge in [-0.3, -0.25) is 0 Å². The standard InChI is InChI=1S/C19H23BrN2O4/c1-19(2,3)26-18(25)22-11-14(20)9-12(17(23)24)8-13-10-21-16-7-5-4-6-15(13)16/h4-7,9-10,14,21H,8,11H2,1-3H3,(H,22,25)(H,23,24). The number of ether oxygens (including phenoxy) is 1. The molecule has 1 atom stereocenters. The van der Waals surface area contributed by atoms with Gasteiger partial charge in [0.05, 0.1) is 4.83 Å². The Morgan fingerprint density at radius 2 is 2.04 bits per heavy atom. The first kappa shape index (κ1) is 20.0. The van der Waals surface area contributed by atoms with E-state index in [0.29, 0.717) is 0 Å². The molecular weight excluding hydrogens is 400 g/mol. The maximum atomic E-state index is 11.7. The van der Waals surface area contributed by atoms with Crippen LogP contribution in [-0.2, 0) is 16.0 Å². The van der Waals surface area contributed by atoms with Crippen molar-refractivity contribution in [1.29, 1.82) is 0 Å². The smallest absolute Gasteiger partial charge is 0.407 e. The van der Waals surface area contributed by atoms with Crippen LogP contribution in [0.1, 0.15) is 26.3 Å². The number of aromatic nitrogens is 1. The van der Waals surface area contributed by atoms with Gasteiger partial charge in [0.25, 0.3) is 0 Å². The monoisotopic (exact) mass is 422 g/mol. The number of benzene rings is 1. The molecule has 0 bridgehead atoms. The van der Waals surface area contributed by atoms with Crippen molar-refractivity contribution < 1.29 is 19.4 Å². The third-order valence-corrected chi connectivity index (χ3v) is 4.14. The number of carboxylic acid groups (broad SMARTS) is 1. The van der Waals surface area contributed by atoms with Crippen molar-refractivity contribution in [2.45, 2.75) is 37.6 Å². The van der Waals surface area contributed by atoms with Gasteiger partial charge in [-0.2, -0.15) is 0 Å². The number of hydrogen-bond acceptors (Lipinski definition) is 3. The highest BCUT2D eigenvalue weighted by Crippen LogP contribution is 2.21. The van der Waals surface area contributed by atoms with Crippen LogP contribution in [-0.4, -0.2) is 39.1 Å². The molecule has 3 N–H and O–H groups in total. The minimum atomic E-state index is -0.989. The Bertz CT molecular complexity index is 820. The third kappa shape index (κ3) is 5.91. The van der Waals surface area contributed by atoms with Crippen molar-refractivity contribution in [2.24, 2.45) is 0 Å².